The summed E-state index contributed by atoms with van der Waals surface area (Å²) in [4.78, 5) is 15.4. The highest BCUT2D eigenvalue weighted by molar-refractivity contribution is 5.74. The molecule has 0 bridgehead atoms. The van der Waals surface area contributed by atoms with E-state index in [-0.39, 0.29) is 12.6 Å². The summed E-state index contributed by atoms with van der Waals surface area (Å²) in [6, 6.07) is 10.00. The molecule has 3 N–H and O–H groups in total. The lowest BCUT2D eigenvalue weighted by Gasteiger charge is -2.16. The Morgan fingerprint density at radius 1 is 1.47 bits per heavy atom. The van der Waals surface area contributed by atoms with Crippen LogP contribution in [0.25, 0.3) is 0 Å². The van der Waals surface area contributed by atoms with Crippen LogP contribution in [-0.2, 0) is 9.63 Å². The molecule has 15 heavy (non-hydrogen) atoms. The van der Waals surface area contributed by atoms with Gasteiger partial charge < -0.3 is 5.73 Å². The summed E-state index contributed by atoms with van der Waals surface area (Å²) in [5.74, 6) is -0.481. The fourth-order valence-electron chi connectivity index (χ4n) is 1.29. The molecule has 0 radical (unpaired) electrons. The number of carbonyl (C=O) groups is 1. The van der Waals surface area contributed by atoms with Crippen LogP contribution in [0.4, 0.5) is 0 Å². The second-order valence-electron chi connectivity index (χ2n) is 3.24. The zero-order valence-electron chi connectivity index (χ0n) is 8.77. The molecule has 1 aromatic carbocycles. The van der Waals surface area contributed by atoms with Gasteiger partial charge in [-0.15, -0.1) is 0 Å². The van der Waals surface area contributed by atoms with Gasteiger partial charge in [0.05, 0.1) is 6.04 Å². The number of amides is 1. The Bertz CT molecular complexity index is 301. The maximum Gasteiger partial charge on any atom is 0.245 e. The van der Waals surface area contributed by atoms with Crippen LogP contribution >= 0.6 is 0 Å². The van der Waals surface area contributed by atoms with E-state index in [1.54, 1.807) is 0 Å². The van der Waals surface area contributed by atoms with Crippen molar-refractivity contribution in [2.45, 2.75) is 19.4 Å². The highest BCUT2D eigenvalue weighted by Gasteiger charge is 2.08. The van der Waals surface area contributed by atoms with Crippen molar-refractivity contribution in [1.82, 2.24) is 5.48 Å². The summed E-state index contributed by atoms with van der Waals surface area (Å²) in [6.07, 6.45) is 0.878. The lowest BCUT2D eigenvalue weighted by molar-refractivity contribution is -0.126. The molecule has 4 nitrogen and oxygen atoms in total. The molecule has 0 heterocycles. The molecule has 0 saturated carbocycles. The van der Waals surface area contributed by atoms with Crippen molar-refractivity contribution in [3.63, 3.8) is 0 Å². The van der Waals surface area contributed by atoms with Gasteiger partial charge >= 0.3 is 0 Å². The van der Waals surface area contributed by atoms with Crippen LogP contribution in [0.5, 0.6) is 0 Å². The first kappa shape index (κ1) is 11.7. The zero-order valence-corrected chi connectivity index (χ0v) is 8.77. The van der Waals surface area contributed by atoms with Crippen molar-refractivity contribution in [3.8, 4) is 0 Å². The summed E-state index contributed by atoms with van der Waals surface area (Å²) in [6.45, 7) is 1.93. The predicted octanol–water partition coefficient (Wildman–Crippen LogP) is 1.14. The molecule has 1 atom stereocenters. The van der Waals surface area contributed by atoms with Crippen LogP contribution in [0.2, 0.25) is 0 Å². The van der Waals surface area contributed by atoms with Gasteiger partial charge in [-0.05, 0) is 12.0 Å². The van der Waals surface area contributed by atoms with Crippen molar-refractivity contribution in [2.24, 2.45) is 5.73 Å². The number of primary amides is 1. The van der Waals surface area contributed by atoms with Crippen molar-refractivity contribution < 1.29 is 9.63 Å². The maximum absolute atomic E-state index is 10.5. The topological polar surface area (TPSA) is 64.3 Å². The molecule has 1 rings (SSSR count). The van der Waals surface area contributed by atoms with Crippen LogP contribution in [0, 0.1) is 0 Å². The monoisotopic (exact) mass is 208 g/mol. The fourth-order valence-corrected chi connectivity index (χ4v) is 1.29. The SMILES string of the molecule is CCC(NOCC(N)=O)c1ccccc1. The molecule has 1 unspecified atom stereocenters. The van der Waals surface area contributed by atoms with E-state index in [1.807, 2.05) is 37.3 Å². The van der Waals surface area contributed by atoms with Crippen LogP contribution in [0.15, 0.2) is 30.3 Å². The van der Waals surface area contributed by atoms with Crippen LogP contribution < -0.4 is 11.2 Å². The Hall–Kier alpha value is -1.39. The summed E-state index contributed by atoms with van der Waals surface area (Å²) in [5.41, 5.74) is 8.90. The Morgan fingerprint density at radius 2 is 2.13 bits per heavy atom. The van der Waals surface area contributed by atoms with E-state index in [1.165, 1.54) is 0 Å². The number of nitrogens with one attached hydrogen (secondary N) is 1. The van der Waals surface area contributed by atoms with E-state index in [4.69, 9.17) is 10.6 Å². The van der Waals surface area contributed by atoms with Gasteiger partial charge in [0, 0.05) is 0 Å². The molecule has 0 aliphatic heterocycles. The number of hydrogen-bond donors (Lipinski definition) is 2. The van der Waals surface area contributed by atoms with Gasteiger partial charge in [0.15, 0.2) is 0 Å². The summed E-state index contributed by atoms with van der Waals surface area (Å²) >= 11 is 0. The number of nitrogens with two attached hydrogens (primary N) is 1. The Morgan fingerprint density at radius 3 is 2.67 bits per heavy atom. The molecule has 1 aromatic rings. The smallest absolute Gasteiger partial charge is 0.245 e. The molecule has 0 aliphatic rings. The average Bonchev–Trinajstić information content (AvgIpc) is 2.25. The molecule has 0 aromatic heterocycles. The van der Waals surface area contributed by atoms with Gasteiger partial charge in [0.2, 0.25) is 5.91 Å². The Kier molecular flexibility index (Phi) is 4.80. The van der Waals surface area contributed by atoms with E-state index in [9.17, 15) is 4.79 Å². The van der Waals surface area contributed by atoms with Crippen LogP contribution in [0.3, 0.4) is 0 Å². The summed E-state index contributed by atoms with van der Waals surface area (Å²) < 4.78 is 0. The minimum absolute atomic E-state index is 0.0885. The summed E-state index contributed by atoms with van der Waals surface area (Å²) in [7, 11) is 0. The standard InChI is InChI=1S/C11H16N2O2/c1-2-10(13-15-8-11(12)14)9-6-4-3-5-7-9/h3-7,10,13H,2,8H2,1H3,(H2,12,14). The van der Waals surface area contributed by atoms with Gasteiger partial charge in [-0.2, -0.15) is 5.48 Å². The van der Waals surface area contributed by atoms with E-state index in [0.717, 1.165) is 12.0 Å². The number of hydrogen-bond acceptors (Lipinski definition) is 3. The molecule has 0 spiro atoms. The van der Waals surface area contributed by atoms with E-state index in [0.29, 0.717) is 0 Å². The van der Waals surface area contributed by atoms with E-state index in [2.05, 4.69) is 5.48 Å². The molecule has 0 aliphatic carbocycles. The normalized spacial score (nSPS) is 12.3. The van der Waals surface area contributed by atoms with E-state index < -0.39 is 5.91 Å². The minimum Gasteiger partial charge on any atom is -0.368 e. The van der Waals surface area contributed by atoms with Crippen molar-refractivity contribution in [1.29, 1.82) is 0 Å². The van der Waals surface area contributed by atoms with Gasteiger partial charge in [-0.1, -0.05) is 37.3 Å². The third-order valence-corrected chi connectivity index (χ3v) is 2.05. The largest absolute Gasteiger partial charge is 0.368 e. The maximum atomic E-state index is 10.5. The number of benzene rings is 1. The van der Waals surface area contributed by atoms with Crippen molar-refractivity contribution in [2.75, 3.05) is 6.61 Å². The molecule has 1 amide bonds. The second-order valence-corrected chi connectivity index (χ2v) is 3.24. The van der Waals surface area contributed by atoms with Crippen LogP contribution in [-0.4, -0.2) is 12.5 Å². The molecule has 0 fully saturated rings. The molecular formula is C11H16N2O2. The summed E-state index contributed by atoms with van der Waals surface area (Å²) in [5, 5.41) is 0. The second kappa shape index (κ2) is 6.16. The lowest BCUT2D eigenvalue weighted by atomic mass is 10.1. The number of rotatable bonds is 6. The molecular weight excluding hydrogens is 192 g/mol. The predicted molar refractivity (Wildman–Crippen MR) is 57.8 cm³/mol. The van der Waals surface area contributed by atoms with Gasteiger partial charge in [0.25, 0.3) is 0 Å². The molecule has 0 saturated heterocycles. The third-order valence-electron chi connectivity index (χ3n) is 2.05. The first-order valence-corrected chi connectivity index (χ1v) is 4.94. The Labute approximate surface area is 89.4 Å². The first-order valence-electron chi connectivity index (χ1n) is 4.94. The highest BCUT2D eigenvalue weighted by Crippen LogP contribution is 2.15. The van der Waals surface area contributed by atoms with E-state index >= 15 is 0 Å². The van der Waals surface area contributed by atoms with Gasteiger partial charge in [0.1, 0.15) is 6.61 Å². The van der Waals surface area contributed by atoms with Crippen LogP contribution in [0.1, 0.15) is 24.9 Å². The molecule has 82 valence electrons. The molecule has 4 heteroatoms. The average molecular weight is 208 g/mol. The fraction of sp³-hybridized carbons (Fsp3) is 0.364. The van der Waals surface area contributed by atoms with Crippen molar-refractivity contribution in [3.05, 3.63) is 35.9 Å². The van der Waals surface area contributed by atoms with Gasteiger partial charge in [-0.25, -0.2) is 0 Å². The number of hydroxylamine groups is 1. The zero-order chi connectivity index (χ0) is 11.1. The first-order chi connectivity index (χ1) is 7.24. The highest BCUT2D eigenvalue weighted by atomic mass is 16.6. The van der Waals surface area contributed by atoms with Gasteiger partial charge in [-0.3, -0.25) is 9.63 Å². The van der Waals surface area contributed by atoms with Crippen molar-refractivity contribution >= 4 is 5.91 Å². The number of carbonyl (C=O) groups excluding carboxylic acids is 1. The lowest BCUT2D eigenvalue weighted by Crippen LogP contribution is -2.27. The quantitative estimate of drug-likeness (QED) is 0.689. The minimum atomic E-state index is -0.481. The Balaban J connectivity index is 2.46. The third kappa shape index (κ3) is 4.10.